The Bertz CT molecular complexity index is 1320. The Hall–Kier alpha value is -2.92. The average Bonchev–Trinajstić information content (AvgIpc) is 3.38. The van der Waals surface area contributed by atoms with E-state index in [1.54, 1.807) is 36.5 Å². The zero-order chi connectivity index (χ0) is 19.3. The van der Waals surface area contributed by atoms with Crippen molar-refractivity contribution < 1.29 is 25.5 Å². The van der Waals surface area contributed by atoms with E-state index in [0.717, 1.165) is 0 Å². The fourth-order valence-electron chi connectivity index (χ4n) is 2.55. The molecule has 0 N–H and O–H groups in total. The van der Waals surface area contributed by atoms with Crippen LogP contribution in [-0.4, -0.2) is 55.1 Å². The number of nitrogens with zero attached hydrogens (tertiary/aromatic N) is 8. The summed E-state index contributed by atoms with van der Waals surface area (Å²) in [5.41, 5.74) is 0. The van der Waals surface area contributed by atoms with Gasteiger partial charge in [0.25, 0.3) is 9.05 Å². The average molecular weight is 474 g/mol. The van der Waals surface area contributed by atoms with Gasteiger partial charge in [-0.25, -0.2) is 48.4 Å². The van der Waals surface area contributed by atoms with Crippen LogP contribution in [0.15, 0.2) is 87.4 Å². The van der Waals surface area contributed by atoms with Crippen LogP contribution < -0.4 is 0 Å². The van der Waals surface area contributed by atoms with Gasteiger partial charge in [0.1, 0.15) is 4.91 Å². The summed E-state index contributed by atoms with van der Waals surface area (Å²) in [4.78, 5) is 33.6. The molecule has 8 bridgehead atoms. The Morgan fingerprint density at radius 2 is 0.897 bits per heavy atom. The molecule has 1 radical (unpaired) electrons. The number of aliphatic imine (C=N–C) groups is 8. The molecule has 29 heavy (non-hydrogen) atoms. The molecule has 0 aromatic rings. The number of hydrogen-bond donors (Lipinski definition) is 0. The molecule has 0 fully saturated rings. The second-order valence-corrected chi connectivity index (χ2v) is 8.21. The predicted octanol–water partition coefficient (Wildman–Crippen LogP) is 1.36. The zero-order valence-electron chi connectivity index (χ0n) is 14.0. The summed E-state index contributed by atoms with van der Waals surface area (Å²) >= 11 is 0. The summed E-state index contributed by atoms with van der Waals surface area (Å²) in [7, 11) is 1.42. The molecule has 0 atom stereocenters. The van der Waals surface area contributed by atoms with E-state index in [2.05, 4.69) is 39.9 Å². The van der Waals surface area contributed by atoms with Gasteiger partial charge in [0, 0.05) is 33.8 Å². The number of hydrogen-bond acceptors (Lipinski definition) is 10. The topological polar surface area (TPSA) is 133 Å². The number of rotatable bonds is 1. The van der Waals surface area contributed by atoms with Crippen LogP contribution >= 0.6 is 10.7 Å². The molecule has 0 amide bonds. The van der Waals surface area contributed by atoms with Crippen LogP contribution in [0.3, 0.4) is 0 Å². The van der Waals surface area contributed by atoms with Gasteiger partial charge in [-0.1, -0.05) is 0 Å². The molecule has 0 saturated heterocycles. The monoisotopic (exact) mass is 473 g/mol. The predicted molar refractivity (Wildman–Crippen MR) is 110 cm³/mol. The van der Waals surface area contributed by atoms with E-state index in [-0.39, 0.29) is 39.5 Å². The standard InChI is InChI=1S/C16H7ClN8O2S.Cu/c17-28(26,27)8-7-15-23-13-4-3-11(21-13)19-9-1-2-10(18-9)20-12-5-6-14(22-12)24-16(8)25-15;/h1-7H;/b19-9-,19-11?,20-10?,20-12-,23-13-,23-15?,24-14?,24-16-;. The van der Waals surface area contributed by atoms with Gasteiger partial charge < -0.3 is 0 Å². The molecule has 0 saturated carbocycles. The van der Waals surface area contributed by atoms with Crippen molar-refractivity contribution in [3.05, 3.63) is 47.4 Å². The summed E-state index contributed by atoms with van der Waals surface area (Å²) < 4.78 is 23.8. The van der Waals surface area contributed by atoms with Crippen LogP contribution in [0.4, 0.5) is 0 Å². The van der Waals surface area contributed by atoms with Crippen molar-refractivity contribution >= 4 is 66.4 Å². The summed E-state index contributed by atoms with van der Waals surface area (Å²) in [5.74, 6) is 2.12. The van der Waals surface area contributed by atoms with Gasteiger partial charge in [0.05, 0.1) is 0 Å². The molecular formula is C16H7ClCuN8O2S. The second-order valence-electron chi connectivity index (χ2n) is 5.67. The van der Waals surface area contributed by atoms with Crippen LogP contribution in [0, 0.1) is 0 Å². The first-order valence-corrected chi connectivity index (χ1v) is 10.1. The first kappa shape index (κ1) is 19.4. The largest absolute Gasteiger partial charge is 0.265 e. The minimum absolute atomic E-state index is 0. The minimum Gasteiger partial charge on any atom is -0.209 e. The number of halogens is 1. The van der Waals surface area contributed by atoms with Crippen LogP contribution in [0.1, 0.15) is 0 Å². The molecule has 0 unspecified atom stereocenters. The third-order valence-electron chi connectivity index (χ3n) is 3.70. The molecule has 5 heterocycles. The van der Waals surface area contributed by atoms with E-state index in [1.807, 2.05) is 0 Å². The molecule has 0 aliphatic carbocycles. The normalized spacial score (nSPS) is 28.5. The smallest absolute Gasteiger partial charge is 0.209 e. The van der Waals surface area contributed by atoms with Gasteiger partial charge in [-0.15, -0.1) is 0 Å². The fourth-order valence-corrected chi connectivity index (χ4v) is 3.45. The van der Waals surface area contributed by atoms with Gasteiger partial charge in [-0.3, -0.25) is 0 Å². The van der Waals surface area contributed by atoms with Gasteiger partial charge in [0.15, 0.2) is 46.7 Å². The van der Waals surface area contributed by atoms with Crippen LogP contribution in [0.5, 0.6) is 0 Å². The van der Waals surface area contributed by atoms with Crippen molar-refractivity contribution in [3.63, 3.8) is 0 Å². The molecule has 10 nitrogen and oxygen atoms in total. The van der Waals surface area contributed by atoms with Crippen molar-refractivity contribution in [2.45, 2.75) is 0 Å². The van der Waals surface area contributed by atoms with Crippen molar-refractivity contribution in [1.29, 1.82) is 0 Å². The second kappa shape index (κ2) is 7.16. The number of amidine groups is 8. The van der Waals surface area contributed by atoms with E-state index in [9.17, 15) is 8.42 Å². The van der Waals surface area contributed by atoms with E-state index >= 15 is 0 Å². The van der Waals surface area contributed by atoms with Crippen LogP contribution in [0.2, 0.25) is 0 Å². The fraction of sp³-hybridized carbons (Fsp3) is 0. The van der Waals surface area contributed by atoms with Crippen molar-refractivity contribution in [3.8, 4) is 0 Å². The summed E-state index contributed by atoms with van der Waals surface area (Å²) in [6, 6.07) is 0. The van der Waals surface area contributed by atoms with E-state index in [4.69, 9.17) is 10.7 Å². The van der Waals surface area contributed by atoms with E-state index in [0.29, 0.717) is 29.2 Å². The van der Waals surface area contributed by atoms with Crippen molar-refractivity contribution in [2.24, 2.45) is 39.9 Å². The molecule has 5 rings (SSSR count). The molecule has 0 spiro atoms. The number of fused-ring (bicyclic) bond motifs is 4. The van der Waals surface area contributed by atoms with Gasteiger partial charge in [-0.05, 0) is 36.5 Å². The van der Waals surface area contributed by atoms with E-state index in [1.165, 1.54) is 6.08 Å². The Balaban J connectivity index is 0.00000205. The first-order chi connectivity index (χ1) is 13.4. The SMILES string of the molecule is O=S(=O)(Cl)C1=CC2=NC/1=N\C1=NC(=N\C3=NC(=N\C4=NC(=N\2)/C=C4)/C=C3)/C=C1.[Cu]. The molecule has 13 heteroatoms. The summed E-state index contributed by atoms with van der Waals surface area (Å²) in [5, 5.41) is 0. The molecule has 5 aliphatic heterocycles. The van der Waals surface area contributed by atoms with Gasteiger partial charge in [0.2, 0.25) is 0 Å². The Kier molecular flexibility index (Phi) is 4.79. The quantitative estimate of drug-likeness (QED) is 0.419. The minimum atomic E-state index is -4.09. The van der Waals surface area contributed by atoms with Gasteiger partial charge >= 0.3 is 0 Å². The van der Waals surface area contributed by atoms with Crippen molar-refractivity contribution in [2.75, 3.05) is 0 Å². The first-order valence-electron chi connectivity index (χ1n) is 7.83. The van der Waals surface area contributed by atoms with Crippen LogP contribution in [-0.2, 0) is 26.1 Å². The molecule has 0 aromatic carbocycles. The van der Waals surface area contributed by atoms with Gasteiger partial charge in [-0.2, -0.15) is 0 Å². The maximum absolute atomic E-state index is 11.9. The molecular weight excluding hydrogens is 467 g/mol. The van der Waals surface area contributed by atoms with Crippen LogP contribution in [0.25, 0.3) is 0 Å². The molecule has 147 valence electrons. The Morgan fingerprint density at radius 1 is 0.552 bits per heavy atom. The third kappa shape index (κ3) is 3.96. The van der Waals surface area contributed by atoms with E-state index < -0.39 is 9.05 Å². The third-order valence-corrected chi connectivity index (χ3v) is 5.03. The summed E-state index contributed by atoms with van der Waals surface area (Å²) in [6.07, 6.45) is 11.1. The molecule has 5 aliphatic rings. The maximum atomic E-state index is 11.9. The Labute approximate surface area is 179 Å². The zero-order valence-corrected chi connectivity index (χ0v) is 16.5. The maximum Gasteiger partial charge on any atom is 0.265 e. The van der Waals surface area contributed by atoms with Crippen molar-refractivity contribution in [1.82, 2.24) is 0 Å². The molecule has 0 aromatic heterocycles. The Morgan fingerprint density at radius 3 is 1.28 bits per heavy atom. The summed E-state index contributed by atoms with van der Waals surface area (Å²) in [6.45, 7) is 0.